The van der Waals surface area contributed by atoms with Crippen LogP contribution >= 0.6 is 0 Å². The van der Waals surface area contributed by atoms with Crippen LogP contribution in [0.3, 0.4) is 0 Å². The van der Waals surface area contributed by atoms with E-state index in [0.717, 1.165) is 27.9 Å². The molecule has 0 radical (unpaired) electrons. The summed E-state index contributed by atoms with van der Waals surface area (Å²) in [5.41, 5.74) is 8.01. The second-order valence-corrected chi connectivity index (χ2v) is 5.28. The first-order valence-corrected chi connectivity index (χ1v) is 7.00. The summed E-state index contributed by atoms with van der Waals surface area (Å²) in [6.07, 6.45) is 1.85. The Balaban J connectivity index is 1.90. The molecule has 0 saturated carbocycles. The van der Waals surface area contributed by atoms with Gasteiger partial charge in [0.2, 0.25) is 0 Å². The molecule has 0 aliphatic heterocycles. The van der Waals surface area contributed by atoms with E-state index in [1.54, 1.807) is 0 Å². The summed E-state index contributed by atoms with van der Waals surface area (Å²) in [7, 11) is 0. The third kappa shape index (κ3) is 2.03. The maximum Gasteiger partial charge on any atom is 0.0795 e. The standard InChI is InChI=1S/C18H15N3/c1-12-4-2-5-14(10-12)18-15(6-3-9-19-18)13-7-8-16-17(11-13)21-20-16/h2-11,20-21H,1H3. The van der Waals surface area contributed by atoms with Crippen molar-refractivity contribution in [2.24, 2.45) is 0 Å². The molecule has 2 aromatic heterocycles. The van der Waals surface area contributed by atoms with Crippen molar-refractivity contribution in [1.82, 2.24) is 15.2 Å². The lowest BCUT2D eigenvalue weighted by atomic mass is 9.98. The van der Waals surface area contributed by atoms with Gasteiger partial charge in [0, 0.05) is 17.3 Å². The van der Waals surface area contributed by atoms with E-state index < -0.39 is 0 Å². The summed E-state index contributed by atoms with van der Waals surface area (Å²) >= 11 is 0. The van der Waals surface area contributed by atoms with Crippen LogP contribution in [0.15, 0.2) is 60.8 Å². The van der Waals surface area contributed by atoms with Crippen LogP contribution in [0, 0.1) is 6.92 Å². The first-order chi connectivity index (χ1) is 10.3. The van der Waals surface area contributed by atoms with E-state index in [2.05, 4.69) is 70.6 Å². The molecule has 0 aliphatic carbocycles. The van der Waals surface area contributed by atoms with Gasteiger partial charge in [-0.25, -0.2) is 0 Å². The quantitative estimate of drug-likeness (QED) is 0.553. The fraction of sp³-hybridized carbons (Fsp3) is 0.0556. The molecular formula is C18H15N3. The molecule has 0 saturated heterocycles. The summed E-state index contributed by atoms with van der Waals surface area (Å²) in [4.78, 5) is 4.60. The second kappa shape index (κ2) is 4.63. The summed E-state index contributed by atoms with van der Waals surface area (Å²) in [6.45, 7) is 2.10. The smallest absolute Gasteiger partial charge is 0.0795 e. The molecule has 2 N–H and O–H groups in total. The van der Waals surface area contributed by atoms with Crippen LogP contribution in [-0.4, -0.2) is 15.2 Å². The van der Waals surface area contributed by atoms with Gasteiger partial charge in [0.1, 0.15) is 0 Å². The SMILES string of the molecule is Cc1cccc(-c2ncccc2-c2ccc3[nH][nH]c3c2)c1. The van der Waals surface area contributed by atoms with E-state index >= 15 is 0 Å². The van der Waals surface area contributed by atoms with E-state index in [0.29, 0.717) is 0 Å². The van der Waals surface area contributed by atoms with Gasteiger partial charge in [0.15, 0.2) is 0 Å². The van der Waals surface area contributed by atoms with Crippen LogP contribution in [0.2, 0.25) is 0 Å². The Morgan fingerprint density at radius 2 is 1.71 bits per heavy atom. The van der Waals surface area contributed by atoms with Crippen molar-refractivity contribution in [3.63, 3.8) is 0 Å². The average molecular weight is 273 g/mol. The maximum atomic E-state index is 4.60. The zero-order valence-electron chi connectivity index (χ0n) is 11.7. The number of aromatic nitrogens is 3. The third-order valence-corrected chi connectivity index (χ3v) is 3.76. The average Bonchev–Trinajstić information content (AvgIpc) is 2.49. The molecule has 102 valence electrons. The van der Waals surface area contributed by atoms with Gasteiger partial charge in [-0.15, -0.1) is 0 Å². The van der Waals surface area contributed by atoms with Crippen molar-refractivity contribution < 1.29 is 0 Å². The van der Waals surface area contributed by atoms with Gasteiger partial charge in [-0.05, 0) is 36.8 Å². The van der Waals surface area contributed by atoms with Crippen molar-refractivity contribution in [3.8, 4) is 22.4 Å². The largest absolute Gasteiger partial charge is 0.299 e. The number of fused-ring (bicyclic) bond motifs is 1. The normalized spacial score (nSPS) is 11.1. The predicted octanol–water partition coefficient (Wildman–Crippen LogP) is 4.53. The molecule has 0 aliphatic rings. The highest BCUT2D eigenvalue weighted by molar-refractivity contribution is 5.87. The number of nitrogens with zero attached hydrogens (tertiary/aromatic N) is 1. The molecule has 2 aromatic carbocycles. The minimum atomic E-state index is 1.02. The van der Waals surface area contributed by atoms with Gasteiger partial charge >= 0.3 is 0 Å². The van der Waals surface area contributed by atoms with Crippen LogP contribution < -0.4 is 0 Å². The van der Waals surface area contributed by atoms with Crippen LogP contribution in [0.1, 0.15) is 5.56 Å². The Morgan fingerprint density at radius 3 is 2.48 bits per heavy atom. The molecule has 0 unspecified atom stereocenters. The summed E-state index contributed by atoms with van der Waals surface area (Å²) < 4.78 is 0. The van der Waals surface area contributed by atoms with Crippen LogP contribution in [0.4, 0.5) is 0 Å². The number of rotatable bonds is 2. The molecule has 0 fully saturated rings. The van der Waals surface area contributed by atoms with Gasteiger partial charge in [-0.2, -0.15) is 0 Å². The van der Waals surface area contributed by atoms with Crippen LogP contribution in [0.25, 0.3) is 33.4 Å². The highest BCUT2D eigenvalue weighted by Crippen LogP contribution is 2.31. The zero-order chi connectivity index (χ0) is 14.2. The molecule has 0 spiro atoms. The Bertz CT molecular complexity index is 915. The van der Waals surface area contributed by atoms with Gasteiger partial charge in [0.25, 0.3) is 0 Å². The monoisotopic (exact) mass is 273 g/mol. The van der Waals surface area contributed by atoms with Crippen molar-refractivity contribution in [2.45, 2.75) is 6.92 Å². The Labute approximate surface area is 122 Å². The molecule has 0 atom stereocenters. The molecule has 4 rings (SSSR count). The first-order valence-electron chi connectivity index (χ1n) is 7.00. The topological polar surface area (TPSA) is 44.5 Å². The van der Waals surface area contributed by atoms with E-state index in [1.807, 2.05) is 12.3 Å². The Morgan fingerprint density at radius 1 is 0.810 bits per heavy atom. The van der Waals surface area contributed by atoms with Crippen molar-refractivity contribution in [2.75, 3.05) is 0 Å². The fourth-order valence-corrected chi connectivity index (χ4v) is 2.66. The van der Waals surface area contributed by atoms with E-state index in [4.69, 9.17) is 0 Å². The molecule has 21 heavy (non-hydrogen) atoms. The lowest BCUT2D eigenvalue weighted by Gasteiger charge is -2.11. The van der Waals surface area contributed by atoms with Gasteiger partial charge in [-0.1, -0.05) is 35.9 Å². The Hall–Kier alpha value is -2.81. The number of hydrogen-bond donors (Lipinski definition) is 2. The fourth-order valence-electron chi connectivity index (χ4n) is 2.66. The first kappa shape index (κ1) is 12.0. The summed E-state index contributed by atoms with van der Waals surface area (Å²) in [6, 6.07) is 18.9. The van der Waals surface area contributed by atoms with Crippen LogP contribution in [-0.2, 0) is 0 Å². The van der Waals surface area contributed by atoms with Crippen LogP contribution in [0.5, 0.6) is 0 Å². The minimum Gasteiger partial charge on any atom is -0.299 e. The molecule has 3 nitrogen and oxygen atoms in total. The third-order valence-electron chi connectivity index (χ3n) is 3.76. The van der Waals surface area contributed by atoms with Crippen molar-refractivity contribution >= 4 is 11.0 Å². The van der Waals surface area contributed by atoms with Gasteiger partial charge in [-0.3, -0.25) is 15.2 Å². The highest BCUT2D eigenvalue weighted by Gasteiger charge is 2.10. The number of benzene rings is 2. The molecule has 2 heterocycles. The second-order valence-electron chi connectivity index (χ2n) is 5.28. The zero-order valence-corrected chi connectivity index (χ0v) is 11.7. The maximum absolute atomic E-state index is 4.60. The molecule has 3 heteroatoms. The lowest BCUT2D eigenvalue weighted by Crippen LogP contribution is -1.93. The summed E-state index contributed by atoms with van der Waals surface area (Å²) in [5, 5.41) is 6.15. The predicted molar refractivity (Wildman–Crippen MR) is 86.1 cm³/mol. The summed E-state index contributed by atoms with van der Waals surface area (Å²) in [5.74, 6) is 0. The Kier molecular flexibility index (Phi) is 2.64. The van der Waals surface area contributed by atoms with Crippen molar-refractivity contribution in [3.05, 3.63) is 66.4 Å². The van der Waals surface area contributed by atoms with E-state index in [-0.39, 0.29) is 0 Å². The highest BCUT2D eigenvalue weighted by atomic mass is 15.1. The number of hydrogen-bond acceptors (Lipinski definition) is 1. The van der Waals surface area contributed by atoms with Gasteiger partial charge in [0.05, 0.1) is 16.7 Å². The number of H-pyrrole nitrogens is 2. The number of pyridine rings is 1. The number of aromatic amines is 2. The van der Waals surface area contributed by atoms with E-state index in [1.165, 1.54) is 11.1 Å². The number of aryl methyl sites for hydroxylation is 1. The molecule has 0 amide bonds. The lowest BCUT2D eigenvalue weighted by molar-refractivity contribution is 1.07. The number of nitrogens with one attached hydrogen (secondary N) is 2. The molecule has 4 aromatic rings. The molecular weight excluding hydrogens is 258 g/mol. The minimum absolute atomic E-state index is 1.02. The van der Waals surface area contributed by atoms with Gasteiger partial charge < -0.3 is 0 Å². The van der Waals surface area contributed by atoms with E-state index in [9.17, 15) is 0 Å². The van der Waals surface area contributed by atoms with Crippen molar-refractivity contribution in [1.29, 1.82) is 0 Å². The molecule has 0 bridgehead atoms.